The molecule has 0 bridgehead atoms. The van der Waals surface area contributed by atoms with E-state index in [0.29, 0.717) is 38.6 Å². The number of sulfonamides is 1. The molecule has 0 aliphatic carbocycles. The van der Waals surface area contributed by atoms with Crippen LogP contribution in [0.3, 0.4) is 0 Å². The number of ether oxygens (including phenoxy) is 1. The molecule has 0 unspecified atom stereocenters. The number of piperazine rings is 1. The molecule has 1 fully saturated rings. The molecular formula is C13H20N4O4S. The monoisotopic (exact) mass is 328 g/mol. The lowest BCUT2D eigenvalue weighted by Gasteiger charge is -2.33. The molecule has 9 heteroatoms. The molecule has 1 aromatic heterocycles. The van der Waals surface area contributed by atoms with Gasteiger partial charge in [-0.15, -0.1) is 0 Å². The van der Waals surface area contributed by atoms with Crippen LogP contribution in [0.5, 0.6) is 5.88 Å². The molecule has 0 aromatic carbocycles. The van der Waals surface area contributed by atoms with Crippen molar-refractivity contribution in [3.05, 3.63) is 23.9 Å². The van der Waals surface area contributed by atoms with E-state index in [9.17, 15) is 13.2 Å². The van der Waals surface area contributed by atoms with Crippen molar-refractivity contribution in [1.82, 2.24) is 19.5 Å². The van der Waals surface area contributed by atoms with Gasteiger partial charge < -0.3 is 15.0 Å². The lowest BCUT2D eigenvalue weighted by atomic mass is 10.3. The van der Waals surface area contributed by atoms with Gasteiger partial charge in [-0.2, -0.15) is 4.31 Å². The average Bonchev–Trinajstić information content (AvgIpc) is 2.52. The molecule has 1 saturated heterocycles. The second-order valence-electron chi connectivity index (χ2n) is 5.02. The Bertz CT molecular complexity index is 609. The molecule has 0 radical (unpaired) electrons. The van der Waals surface area contributed by atoms with Crippen LogP contribution in [0.4, 0.5) is 4.79 Å². The highest BCUT2D eigenvalue weighted by Gasteiger charge is 2.25. The fourth-order valence-electron chi connectivity index (χ4n) is 2.15. The van der Waals surface area contributed by atoms with Gasteiger partial charge in [-0.25, -0.2) is 18.2 Å². The number of hydrogen-bond donors (Lipinski definition) is 1. The standard InChI is InChI=1S/C13H20N4O4S/c1-21-12-4-3-11(9-14-12)10-15-13(18)16-5-7-17(8-6-16)22(2,19)20/h3-4,9H,5-8,10H2,1-2H3,(H,15,18). The normalized spacial score (nSPS) is 16.4. The van der Waals surface area contributed by atoms with Crippen molar-refractivity contribution in [1.29, 1.82) is 0 Å². The van der Waals surface area contributed by atoms with Crippen molar-refractivity contribution in [3.63, 3.8) is 0 Å². The molecule has 1 aromatic rings. The van der Waals surface area contributed by atoms with Crippen molar-refractivity contribution in [2.45, 2.75) is 6.54 Å². The van der Waals surface area contributed by atoms with Gasteiger partial charge >= 0.3 is 6.03 Å². The average molecular weight is 328 g/mol. The first-order valence-corrected chi connectivity index (χ1v) is 8.72. The summed E-state index contributed by atoms with van der Waals surface area (Å²) >= 11 is 0. The van der Waals surface area contributed by atoms with Crippen molar-refractivity contribution in [2.24, 2.45) is 0 Å². The van der Waals surface area contributed by atoms with E-state index in [1.165, 1.54) is 10.6 Å². The van der Waals surface area contributed by atoms with Crippen molar-refractivity contribution in [3.8, 4) is 5.88 Å². The molecule has 1 N–H and O–H groups in total. The van der Waals surface area contributed by atoms with Gasteiger partial charge in [-0.1, -0.05) is 6.07 Å². The van der Waals surface area contributed by atoms with Crippen molar-refractivity contribution < 1.29 is 17.9 Å². The fourth-order valence-corrected chi connectivity index (χ4v) is 2.98. The third-order valence-electron chi connectivity index (χ3n) is 3.45. The van der Waals surface area contributed by atoms with Gasteiger partial charge in [-0.3, -0.25) is 0 Å². The number of nitrogens with one attached hydrogen (secondary N) is 1. The Hall–Kier alpha value is -1.87. The van der Waals surface area contributed by atoms with E-state index in [2.05, 4.69) is 10.3 Å². The third kappa shape index (κ3) is 4.31. The first-order chi connectivity index (χ1) is 10.4. The van der Waals surface area contributed by atoms with Gasteiger partial charge in [0.2, 0.25) is 15.9 Å². The van der Waals surface area contributed by atoms with Gasteiger partial charge in [0.25, 0.3) is 0 Å². The molecule has 1 aliphatic heterocycles. The second kappa shape index (κ2) is 6.93. The van der Waals surface area contributed by atoms with Gasteiger partial charge in [0.15, 0.2) is 0 Å². The number of hydrogen-bond acceptors (Lipinski definition) is 5. The fraction of sp³-hybridized carbons (Fsp3) is 0.538. The number of aromatic nitrogens is 1. The zero-order chi connectivity index (χ0) is 16.2. The Morgan fingerprint density at radius 2 is 2.00 bits per heavy atom. The third-order valence-corrected chi connectivity index (χ3v) is 4.75. The number of methoxy groups -OCH3 is 1. The number of carbonyl (C=O) groups excluding carboxylic acids is 1. The van der Waals surface area contributed by atoms with Crippen LogP contribution in [-0.2, 0) is 16.6 Å². The van der Waals surface area contributed by atoms with Gasteiger partial charge in [0.05, 0.1) is 13.4 Å². The SMILES string of the molecule is COc1ccc(CNC(=O)N2CCN(S(C)(=O)=O)CC2)cn1. The molecule has 0 spiro atoms. The maximum atomic E-state index is 12.1. The van der Waals surface area contributed by atoms with Gasteiger partial charge in [0, 0.05) is 45.0 Å². The number of rotatable bonds is 4. The minimum Gasteiger partial charge on any atom is -0.481 e. The van der Waals surface area contributed by atoms with Crippen LogP contribution in [-0.4, -0.2) is 68.2 Å². The molecule has 8 nitrogen and oxygen atoms in total. The molecule has 22 heavy (non-hydrogen) atoms. The zero-order valence-corrected chi connectivity index (χ0v) is 13.5. The first kappa shape index (κ1) is 16.5. The number of pyridine rings is 1. The highest BCUT2D eigenvalue weighted by molar-refractivity contribution is 7.88. The summed E-state index contributed by atoms with van der Waals surface area (Å²) < 4.78 is 29.2. The van der Waals surface area contributed by atoms with E-state index in [4.69, 9.17) is 4.74 Å². The highest BCUT2D eigenvalue weighted by Crippen LogP contribution is 2.08. The topological polar surface area (TPSA) is 91.8 Å². The van der Waals surface area contributed by atoms with Crippen LogP contribution in [0.1, 0.15) is 5.56 Å². The maximum Gasteiger partial charge on any atom is 0.317 e. The molecule has 1 aliphatic rings. The van der Waals surface area contributed by atoms with E-state index in [1.54, 1.807) is 24.3 Å². The Balaban J connectivity index is 1.80. The van der Waals surface area contributed by atoms with E-state index in [1.807, 2.05) is 6.07 Å². The number of nitrogens with zero attached hydrogens (tertiary/aromatic N) is 3. The Kier molecular flexibility index (Phi) is 5.19. The van der Waals surface area contributed by atoms with E-state index in [0.717, 1.165) is 5.56 Å². The molecule has 2 heterocycles. The van der Waals surface area contributed by atoms with Crippen molar-refractivity contribution >= 4 is 16.1 Å². The predicted octanol–water partition coefficient (Wildman–Crippen LogP) is -0.123. The summed E-state index contributed by atoms with van der Waals surface area (Å²) in [4.78, 5) is 17.7. The smallest absolute Gasteiger partial charge is 0.317 e. The summed E-state index contributed by atoms with van der Waals surface area (Å²) in [5, 5.41) is 2.80. The molecule has 0 atom stereocenters. The molecule has 122 valence electrons. The number of amides is 2. The van der Waals surface area contributed by atoms with E-state index < -0.39 is 10.0 Å². The van der Waals surface area contributed by atoms with Crippen LogP contribution in [0, 0.1) is 0 Å². The Labute approximate surface area is 130 Å². The lowest BCUT2D eigenvalue weighted by molar-refractivity contribution is 0.172. The number of urea groups is 1. The summed E-state index contributed by atoms with van der Waals surface area (Å²) in [5.41, 5.74) is 0.865. The Morgan fingerprint density at radius 1 is 1.32 bits per heavy atom. The second-order valence-corrected chi connectivity index (χ2v) is 7.00. The summed E-state index contributed by atoms with van der Waals surface area (Å²) in [6.45, 7) is 1.80. The van der Waals surface area contributed by atoms with Crippen LogP contribution < -0.4 is 10.1 Å². The van der Waals surface area contributed by atoms with Crippen LogP contribution in [0.25, 0.3) is 0 Å². The maximum absolute atomic E-state index is 12.1. The largest absolute Gasteiger partial charge is 0.481 e. The zero-order valence-electron chi connectivity index (χ0n) is 12.7. The van der Waals surface area contributed by atoms with Crippen LogP contribution in [0.15, 0.2) is 18.3 Å². The summed E-state index contributed by atoms with van der Waals surface area (Å²) in [6.07, 6.45) is 2.82. The minimum absolute atomic E-state index is 0.205. The van der Waals surface area contributed by atoms with Crippen molar-refractivity contribution in [2.75, 3.05) is 39.5 Å². The van der Waals surface area contributed by atoms with Gasteiger partial charge in [0.1, 0.15) is 0 Å². The van der Waals surface area contributed by atoms with Crippen LogP contribution in [0.2, 0.25) is 0 Å². The molecular weight excluding hydrogens is 308 g/mol. The van der Waals surface area contributed by atoms with E-state index >= 15 is 0 Å². The molecule has 2 amide bonds. The summed E-state index contributed by atoms with van der Waals surface area (Å²) in [7, 11) is -1.64. The van der Waals surface area contributed by atoms with Crippen LogP contribution >= 0.6 is 0 Å². The Morgan fingerprint density at radius 3 is 2.50 bits per heavy atom. The summed E-state index contributed by atoms with van der Waals surface area (Å²) in [6, 6.07) is 3.35. The van der Waals surface area contributed by atoms with E-state index in [-0.39, 0.29) is 6.03 Å². The molecule has 2 rings (SSSR count). The molecule has 0 saturated carbocycles. The lowest BCUT2D eigenvalue weighted by Crippen LogP contribution is -2.52. The first-order valence-electron chi connectivity index (χ1n) is 6.87. The predicted molar refractivity (Wildman–Crippen MR) is 81.0 cm³/mol. The van der Waals surface area contributed by atoms with Gasteiger partial charge in [-0.05, 0) is 5.56 Å². The minimum atomic E-state index is -3.18. The highest BCUT2D eigenvalue weighted by atomic mass is 32.2. The quantitative estimate of drug-likeness (QED) is 0.832. The summed E-state index contributed by atoms with van der Waals surface area (Å²) in [5.74, 6) is 0.520. The number of carbonyl (C=O) groups is 1.